The minimum atomic E-state index is -0.145. The highest BCUT2D eigenvalue weighted by molar-refractivity contribution is 5.93. The maximum absolute atomic E-state index is 12.5. The van der Waals surface area contributed by atoms with Crippen LogP contribution in [0.4, 0.5) is 0 Å². The van der Waals surface area contributed by atoms with Gasteiger partial charge in [0, 0.05) is 32.6 Å². The number of hydrogen-bond donors (Lipinski definition) is 1. The summed E-state index contributed by atoms with van der Waals surface area (Å²) in [7, 11) is 1.69. The molecule has 1 saturated heterocycles. The number of aryl methyl sites for hydroxylation is 1. The third-order valence-electron chi connectivity index (χ3n) is 4.32. The van der Waals surface area contributed by atoms with Crippen LogP contribution in [0.3, 0.4) is 0 Å². The quantitative estimate of drug-likeness (QED) is 0.918. The van der Waals surface area contributed by atoms with Crippen LogP contribution >= 0.6 is 0 Å². The maximum Gasteiger partial charge on any atom is 0.271 e. The Morgan fingerprint density at radius 3 is 3.00 bits per heavy atom. The van der Waals surface area contributed by atoms with Gasteiger partial charge >= 0.3 is 0 Å². The average Bonchev–Trinajstić information content (AvgIpc) is 3.11. The maximum atomic E-state index is 12.5. The number of nitrogens with zero attached hydrogens (tertiary/aromatic N) is 3. The fourth-order valence-corrected chi connectivity index (χ4v) is 2.99. The zero-order valence-corrected chi connectivity index (χ0v) is 13.2. The predicted octanol–water partition coefficient (Wildman–Crippen LogP) is 1.09. The summed E-state index contributed by atoms with van der Waals surface area (Å²) >= 11 is 0. The zero-order chi connectivity index (χ0) is 15.7. The molecule has 118 valence electrons. The molecule has 6 heteroatoms. The summed E-state index contributed by atoms with van der Waals surface area (Å²) in [5, 5.41) is 3.06. The first-order chi connectivity index (χ1) is 10.6. The number of nitrogens with one attached hydrogen (secondary N) is 1. The summed E-state index contributed by atoms with van der Waals surface area (Å²) in [4.78, 5) is 19.2. The molecular weight excluding hydrogens is 280 g/mol. The van der Waals surface area contributed by atoms with Crippen molar-refractivity contribution in [2.75, 3.05) is 26.7 Å². The highest BCUT2D eigenvalue weighted by Gasteiger charge is 2.33. The van der Waals surface area contributed by atoms with Crippen LogP contribution in [0.5, 0.6) is 0 Å². The number of imidazole rings is 1. The number of rotatable bonds is 4. The van der Waals surface area contributed by atoms with Gasteiger partial charge in [0.25, 0.3) is 5.91 Å². The number of pyridine rings is 1. The number of carbonyl (C=O) groups is 1. The lowest BCUT2D eigenvalue weighted by Gasteiger charge is -2.17. The van der Waals surface area contributed by atoms with E-state index < -0.39 is 0 Å². The highest BCUT2D eigenvalue weighted by atomic mass is 16.5. The molecule has 1 amide bonds. The molecule has 0 unspecified atom stereocenters. The van der Waals surface area contributed by atoms with Crippen LogP contribution in [-0.4, -0.2) is 59.1 Å². The van der Waals surface area contributed by atoms with Crippen molar-refractivity contribution in [3.05, 3.63) is 35.8 Å². The summed E-state index contributed by atoms with van der Waals surface area (Å²) in [6.45, 7) is 6.72. The van der Waals surface area contributed by atoms with E-state index in [1.54, 1.807) is 13.3 Å². The van der Waals surface area contributed by atoms with E-state index in [1.807, 2.05) is 29.7 Å². The monoisotopic (exact) mass is 302 g/mol. The SMILES string of the molecule is CCN1C[C@@H](NC(=O)c2cn3cccc(C)c3n2)[C@H](OC)C1. The fourth-order valence-electron chi connectivity index (χ4n) is 2.99. The van der Waals surface area contributed by atoms with E-state index in [-0.39, 0.29) is 18.1 Å². The van der Waals surface area contributed by atoms with Crippen molar-refractivity contribution >= 4 is 11.6 Å². The minimum absolute atomic E-state index is 0.00311. The van der Waals surface area contributed by atoms with Crippen LogP contribution in [0.25, 0.3) is 5.65 Å². The largest absolute Gasteiger partial charge is 0.378 e. The normalized spacial score (nSPS) is 22.3. The molecule has 0 bridgehead atoms. The molecule has 0 radical (unpaired) electrons. The third-order valence-corrected chi connectivity index (χ3v) is 4.32. The summed E-state index contributed by atoms with van der Waals surface area (Å²) in [6.07, 6.45) is 3.70. The summed E-state index contributed by atoms with van der Waals surface area (Å²) in [6, 6.07) is 3.94. The predicted molar refractivity (Wildman–Crippen MR) is 84.1 cm³/mol. The lowest BCUT2D eigenvalue weighted by atomic mass is 10.2. The van der Waals surface area contributed by atoms with Crippen LogP contribution in [-0.2, 0) is 4.74 Å². The molecule has 0 aliphatic carbocycles. The summed E-state index contributed by atoms with van der Waals surface area (Å²) in [5.74, 6) is -0.145. The van der Waals surface area contributed by atoms with E-state index in [2.05, 4.69) is 22.1 Å². The van der Waals surface area contributed by atoms with Crippen LogP contribution in [0.1, 0.15) is 23.0 Å². The van der Waals surface area contributed by atoms with Crippen molar-refractivity contribution in [2.45, 2.75) is 26.0 Å². The summed E-state index contributed by atoms with van der Waals surface area (Å²) < 4.78 is 7.37. The molecule has 1 aliphatic rings. The Balaban J connectivity index is 1.77. The first-order valence-corrected chi connectivity index (χ1v) is 7.62. The van der Waals surface area contributed by atoms with Crippen molar-refractivity contribution in [1.29, 1.82) is 0 Å². The van der Waals surface area contributed by atoms with Gasteiger partial charge in [-0.2, -0.15) is 0 Å². The van der Waals surface area contributed by atoms with Gasteiger partial charge in [0.2, 0.25) is 0 Å². The number of hydrogen-bond acceptors (Lipinski definition) is 4. The van der Waals surface area contributed by atoms with Gasteiger partial charge in [-0.25, -0.2) is 4.98 Å². The number of likely N-dealkylation sites (tertiary alicyclic amines) is 1. The first-order valence-electron chi connectivity index (χ1n) is 7.62. The smallest absolute Gasteiger partial charge is 0.271 e. The molecule has 1 fully saturated rings. The molecule has 6 nitrogen and oxygen atoms in total. The minimum Gasteiger partial charge on any atom is -0.378 e. The second-order valence-electron chi connectivity index (χ2n) is 5.75. The van der Waals surface area contributed by atoms with Crippen LogP contribution < -0.4 is 5.32 Å². The van der Waals surface area contributed by atoms with E-state index in [0.29, 0.717) is 5.69 Å². The number of carbonyl (C=O) groups excluding carboxylic acids is 1. The molecule has 2 aromatic heterocycles. The summed E-state index contributed by atoms with van der Waals surface area (Å²) in [5.41, 5.74) is 2.31. The molecule has 1 aliphatic heterocycles. The van der Waals surface area contributed by atoms with Crippen LogP contribution in [0.15, 0.2) is 24.5 Å². The Morgan fingerprint density at radius 2 is 2.32 bits per heavy atom. The van der Waals surface area contributed by atoms with Crippen molar-refractivity contribution in [2.24, 2.45) is 0 Å². The van der Waals surface area contributed by atoms with Crippen LogP contribution in [0, 0.1) is 6.92 Å². The zero-order valence-electron chi connectivity index (χ0n) is 13.2. The van der Waals surface area contributed by atoms with Gasteiger partial charge in [-0.05, 0) is 25.1 Å². The Hall–Kier alpha value is -1.92. The second-order valence-corrected chi connectivity index (χ2v) is 5.75. The van der Waals surface area contributed by atoms with Gasteiger partial charge in [0.1, 0.15) is 11.3 Å². The molecule has 0 saturated carbocycles. The topological polar surface area (TPSA) is 58.9 Å². The molecule has 2 aromatic rings. The molecule has 0 aromatic carbocycles. The van der Waals surface area contributed by atoms with E-state index in [1.165, 1.54) is 0 Å². The lowest BCUT2D eigenvalue weighted by molar-refractivity contribution is 0.0759. The Labute approximate surface area is 130 Å². The van der Waals surface area contributed by atoms with Crippen molar-refractivity contribution in [3.8, 4) is 0 Å². The van der Waals surface area contributed by atoms with Crippen molar-refractivity contribution in [3.63, 3.8) is 0 Å². The van der Waals surface area contributed by atoms with Crippen molar-refractivity contribution < 1.29 is 9.53 Å². The first kappa shape index (κ1) is 15.0. The second kappa shape index (κ2) is 6.06. The third kappa shape index (κ3) is 2.71. The van der Waals surface area contributed by atoms with Crippen molar-refractivity contribution in [1.82, 2.24) is 19.6 Å². The molecule has 22 heavy (non-hydrogen) atoms. The lowest BCUT2D eigenvalue weighted by Crippen LogP contribution is -2.43. The Morgan fingerprint density at radius 1 is 1.50 bits per heavy atom. The highest BCUT2D eigenvalue weighted by Crippen LogP contribution is 2.14. The number of fused-ring (bicyclic) bond motifs is 1. The number of likely N-dealkylation sites (N-methyl/N-ethyl adjacent to an activating group) is 1. The van der Waals surface area contributed by atoms with E-state index in [0.717, 1.165) is 30.8 Å². The average molecular weight is 302 g/mol. The standard InChI is InChI=1S/C16H22N4O2/c1-4-19-8-12(14(10-19)22-3)18-16(21)13-9-20-7-5-6-11(2)15(20)17-13/h5-7,9,12,14H,4,8,10H2,1-3H3,(H,18,21)/t12-,14-/m1/s1. The van der Waals surface area contributed by atoms with E-state index in [9.17, 15) is 4.79 Å². The van der Waals surface area contributed by atoms with E-state index >= 15 is 0 Å². The molecule has 3 heterocycles. The molecular formula is C16H22N4O2. The van der Waals surface area contributed by atoms with Gasteiger partial charge in [0.15, 0.2) is 0 Å². The van der Waals surface area contributed by atoms with Gasteiger partial charge in [-0.1, -0.05) is 13.0 Å². The molecule has 3 rings (SSSR count). The molecule has 2 atom stereocenters. The number of methoxy groups -OCH3 is 1. The van der Waals surface area contributed by atoms with Crippen LogP contribution in [0.2, 0.25) is 0 Å². The fraction of sp³-hybridized carbons (Fsp3) is 0.500. The number of amides is 1. The Kier molecular flexibility index (Phi) is 4.13. The van der Waals surface area contributed by atoms with Gasteiger partial charge in [-0.15, -0.1) is 0 Å². The van der Waals surface area contributed by atoms with E-state index in [4.69, 9.17) is 4.74 Å². The number of aromatic nitrogens is 2. The molecule has 0 spiro atoms. The number of ether oxygens (including phenoxy) is 1. The van der Waals surface area contributed by atoms with Gasteiger partial charge < -0.3 is 14.5 Å². The Bertz CT molecular complexity index is 682. The molecule has 1 N–H and O–H groups in total. The van der Waals surface area contributed by atoms with Gasteiger partial charge in [-0.3, -0.25) is 9.69 Å². The van der Waals surface area contributed by atoms with Gasteiger partial charge in [0.05, 0.1) is 12.1 Å².